The van der Waals surface area contributed by atoms with Gasteiger partial charge in [-0.2, -0.15) is 5.10 Å². The van der Waals surface area contributed by atoms with E-state index in [1.165, 1.54) is 5.39 Å². The van der Waals surface area contributed by atoms with Crippen LogP contribution in [0.15, 0.2) is 91.0 Å². The lowest BCUT2D eigenvalue weighted by molar-refractivity contribution is -0.116. The van der Waals surface area contributed by atoms with Gasteiger partial charge < -0.3 is 10.4 Å². The van der Waals surface area contributed by atoms with Crippen LogP contribution < -0.4 is 5.32 Å². The summed E-state index contributed by atoms with van der Waals surface area (Å²) in [6, 6.07) is 30.1. The van der Waals surface area contributed by atoms with Crippen LogP contribution in [0.25, 0.3) is 32.9 Å². The Hall–Kier alpha value is -3.96. The van der Waals surface area contributed by atoms with E-state index in [4.69, 9.17) is 0 Å². The maximum Gasteiger partial charge on any atom is 0.224 e. The van der Waals surface area contributed by atoms with Crippen molar-refractivity contribution in [1.82, 2.24) is 10.2 Å². The first-order chi connectivity index (χ1) is 16.2. The van der Waals surface area contributed by atoms with Crippen LogP contribution in [-0.4, -0.2) is 27.3 Å². The smallest absolute Gasteiger partial charge is 0.224 e. The van der Waals surface area contributed by atoms with Gasteiger partial charge >= 0.3 is 0 Å². The monoisotopic (exact) mass is 435 g/mol. The average molecular weight is 436 g/mol. The molecule has 5 aromatic rings. The topological polar surface area (TPSA) is 78.0 Å². The first-order valence-corrected chi connectivity index (χ1v) is 11.1. The Kier molecular flexibility index (Phi) is 5.87. The summed E-state index contributed by atoms with van der Waals surface area (Å²) in [6.45, 7) is 0. The van der Waals surface area contributed by atoms with Gasteiger partial charge in [0.05, 0.1) is 17.3 Å². The minimum Gasteiger partial charge on any atom is -0.393 e. The van der Waals surface area contributed by atoms with Crippen molar-refractivity contribution in [3.8, 4) is 11.3 Å². The highest BCUT2D eigenvalue weighted by Crippen LogP contribution is 2.30. The van der Waals surface area contributed by atoms with Crippen molar-refractivity contribution in [3.63, 3.8) is 0 Å². The van der Waals surface area contributed by atoms with Crippen molar-refractivity contribution >= 4 is 33.3 Å². The molecule has 0 aliphatic rings. The fraction of sp³-hybridized carbons (Fsp3) is 0.143. The number of carbonyl (C=O) groups excluding carboxylic acids is 1. The van der Waals surface area contributed by atoms with Gasteiger partial charge in [-0.1, -0.05) is 66.7 Å². The molecular formula is C28H25N3O2. The number of carbonyl (C=O) groups is 1. The number of aromatic nitrogens is 2. The molecule has 3 N–H and O–H groups in total. The summed E-state index contributed by atoms with van der Waals surface area (Å²) in [6.07, 6.45) is 0.671. The van der Waals surface area contributed by atoms with Gasteiger partial charge in [-0.05, 0) is 53.4 Å². The van der Waals surface area contributed by atoms with Gasteiger partial charge in [0.1, 0.15) is 0 Å². The quantitative estimate of drug-likeness (QED) is 0.307. The summed E-state index contributed by atoms with van der Waals surface area (Å²) in [5, 5.41) is 24.1. The van der Waals surface area contributed by atoms with Gasteiger partial charge in [-0.25, -0.2) is 0 Å². The van der Waals surface area contributed by atoms with E-state index in [0.29, 0.717) is 18.5 Å². The zero-order valence-electron chi connectivity index (χ0n) is 18.2. The SMILES string of the molecule is O=C(CCC(O)Cc1ccccc1)Nc1ccc2[nH]nc(-c3ccc4ccccc4c3)c2c1. The number of benzene rings is 4. The molecule has 1 unspecified atom stereocenters. The zero-order chi connectivity index (χ0) is 22.6. The number of hydrogen-bond acceptors (Lipinski definition) is 3. The number of aliphatic hydroxyl groups is 1. The van der Waals surface area contributed by atoms with Crippen molar-refractivity contribution in [2.24, 2.45) is 0 Å². The number of aliphatic hydroxyl groups excluding tert-OH is 1. The first-order valence-electron chi connectivity index (χ1n) is 11.1. The summed E-state index contributed by atoms with van der Waals surface area (Å²) in [5.41, 5.74) is 4.57. The van der Waals surface area contributed by atoms with Crippen LogP contribution in [0.2, 0.25) is 0 Å². The molecule has 4 aromatic carbocycles. The molecule has 5 heteroatoms. The number of aromatic amines is 1. The predicted octanol–water partition coefficient (Wildman–Crippen LogP) is 5.71. The maximum absolute atomic E-state index is 12.5. The highest BCUT2D eigenvalue weighted by atomic mass is 16.3. The molecule has 0 spiro atoms. The van der Waals surface area contributed by atoms with Crippen molar-refractivity contribution in [3.05, 3.63) is 96.6 Å². The van der Waals surface area contributed by atoms with Crippen molar-refractivity contribution in [2.45, 2.75) is 25.4 Å². The number of nitrogens with one attached hydrogen (secondary N) is 2. The van der Waals surface area contributed by atoms with Crippen LogP contribution in [0.5, 0.6) is 0 Å². The Morgan fingerprint density at radius 3 is 2.55 bits per heavy atom. The number of hydrogen-bond donors (Lipinski definition) is 3. The molecule has 0 bridgehead atoms. The third-order valence-corrected chi connectivity index (χ3v) is 5.89. The Labute approximate surface area is 192 Å². The van der Waals surface area contributed by atoms with E-state index in [1.807, 2.05) is 60.7 Å². The zero-order valence-corrected chi connectivity index (χ0v) is 18.2. The van der Waals surface area contributed by atoms with Crippen LogP contribution in [0.4, 0.5) is 5.69 Å². The standard InChI is InChI=1S/C28H25N3O2/c32-24(16-19-6-2-1-3-7-19)13-15-27(33)29-23-12-14-26-25(18-23)28(31-30-26)22-11-10-20-8-4-5-9-21(20)17-22/h1-12,14,17-18,24,32H,13,15-16H2,(H,29,33)(H,30,31). The van der Waals surface area contributed by atoms with Crippen LogP contribution in [0, 0.1) is 0 Å². The Bertz CT molecular complexity index is 1410. The first kappa shape index (κ1) is 20.9. The fourth-order valence-corrected chi connectivity index (χ4v) is 4.16. The van der Waals surface area contributed by atoms with Crippen LogP contribution >= 0.6 is 0 Å². The van der Waals surface area contributed by atoms with Gasteiger partial charge in [-0.15, -0.1) is 0 Å². The second-order valence-corrected chi connectivity index (χ2v) is 8.32. The third-order valence-electron chi connectivity index (χ3n) is 5.89. The summed E-state index contributed by atoms with van der Waals surface area (Å²) < 4.78 is 0. The number of fused-ring (bicyclic) bond motifs is 2. The fourth-order valence-electron chi connectivity index (χ4n) is 4.16. The minimum absolute atomic E-state index is 0.114. The number of amides is 1. The number of nitrogens with zero attached hydrogens (tertiary/aromatic N) is 1. The Balaban J connectivity index is 1.28. The normalized spacial score (nSPS) is 12.2. The molecule has 0 aliphatic carbocycles. The van der Waals surface area contributed by atoms with Crippen molar-refractivity contribution in [1.29, 1.82) is 0 Å². The van der Waals surface area contributed by atoms with E-state index in [2.05, 4.69) is 45.8 Å². The summed E-state index contributed by atoms with van der Waals surface area (Å²) in [7, 11) is 0. The lowest BCUT2D eigenvalue weighted by Gasteiger charge is -2.11. The van der Waals surface area contributed by atoms with Gasteiger partial charge in [0.25, 0.3) is 0 Å². The van der Waals surface area contributed by atoms with Gasteiger partial charge in [0, 0.05) is 23.1 Å². The highest BCUT2D eigenvalue weighted by molar-refractivity contribution is 5.99. The van der Waals surface area contributed by atoms with E-state index >= 15 is 0 Å². The number of anilines is 1. The average Bonchev–Trinajstić information content (AvgIpc) is 3.26. The highest BCUT2D eigenvalue weighted by Gasteiger charge is 2.12. The lowest BCUT2D eigenvalue weighted by Crippen LogP contribution is -2.17. The van der Waals surface area contributed by atoms with Gasteiger partial charge in [0.15, 0.2) is 0 Å². The van der Waals surface area contributed by atoms with Crippen LogP contribution in [0.3, 0.4) is 0 Å². The van der Waals surface area contributed by atoms with Crippen LogP contribution in [0.1, 0.15) is 18.4 Å². The van der Waals surface area contributed by atoms with E-state index < -0.39 is 6.10 Å². The predicted molar refractivity (Wildman–Crippen MR) is 133 cm³/mol. The molecule has 1 atom stereocenters. The van der Waals surface area contributed by atoms with E-state index in [-0.39, 0.29) is 12.3 Å². The summed E-state index contributed by atoms with van der Waals surface area (Å²) in [4.78, 5) is 12.5. The summed E-state index contributed by atoms with van der Waals surface area (Å²) >= 11 is 0. The maximum atomic E-state index is 12.5. The van der Waals surface area contributed by atoms with Crippen molar-refractivity contribution in [2.75, 3.05) is 5.32 Å². The molecule has 33 heavy (non-hydrogen) atoms. The molecule has 5 rings (SSSR count). The van der Waals surface area contributed by atoms with E-state index in [0.717, 1.165) is 33.1 Å². The Morgan fingerprint density at radius 1 is 0.909 bits per heavy atom. The molecule has 1 aromatic heterocycles. The van der Waals surface area contributed by atoms with Gasteiger partial charge in [-0.3, -0.25) is 9.89 Å². The van der Waals surface area contributed by atoms with Gasteiger partial charge in [0.2, 0.25) is 5.91 Å². The molecule has 1 heterocycles. The Morgan fingerprint density at radius 2 is 1.70 bits per heavy atom. The number of H-pyrrole nitrogens is 1. The molecule has 1 amide bonds. The van der Waals surface area contributed by atoms with E-state index in [9.17, 15) is 9.90 Å². The van der Waals surface area contributed by atoms with E-state index in [1.54, 1.807) is 0 Å². The third kappa shape index (κ3) is 4.78. The van der Waals surface area contributed by atoms with Crippen molar-refractivity contribution < 1.29 is 9.90 Å². The molecule has 0 aliphatic heterocycles. The second-order valence-electron chi connectivity index (χ2n) is 8.32. The molecule has 5 nitrogen and oxygen atoms in total. The molecule has 0 fully saturated rings. The molecule has 0 radical (unpaired) electrons. The minimum atomic E-state index is -0.547. The molecule has 0 saturated heterocycles. The largest absolute Gasteiger partial charge is 0.393 e. The lowest BCUT2D eigenvalue weighted by atomic mass is 10.0. The molecule has 0 saturated carbocycles. The summed E-state index contributed by atoms with van der Waals surface area (Å²) in [5.74, 6) is -0.114. The number of rotatable bonds is 7. The molecular weight excluding hydrogens is 410 g/mol. The second kappa shape index (κ2) is 9.27. The van der Waals surface area contributed by atoms with Crippen LogP contribution in [-0.2, 0) is 11.2 Å². The molecule has 164 valence electrons.